The fourth-order valence-electron chi connectivity index (χ4n) is 1.55. The average molecular weight is 209 g/mol. The van der Waals surface area contributed by atoms with Gasteiger partial charge < -0.3 is 4.57 Å². The Morgan fingerprint density at radius 2 is 2.29 bits per heavy atom. The van der Waals surface area contributed by atoms with Gasteiger partial charge in [-0.2, -0.15) is 0 Å². The van der Waals surface area contributed by atoms with Crippen LogP contribution < -0.4 is 0 Å². The van der Waals surface area contributed by atoms with Crippen LogP contribution in [0.3, 0.4) is 0 Å². The van der Waals surface area contributed by atoms with Crippen LogP contribution in [0.2, 0.25) is 5.02 Å². The predicted octanol–water partition coefficient (Wildman–Crippen LogP) is 3.66. The molecule has 1 heterocycles. The first-order valence-corrected chi connectivity index (χ1v) is 5.22. The van der Waals surface area contributed by atoms with E-state index in [4.69, 9.17) is 11.6 Å². The zero-order valence-corrected chi connectivity index (χ0v) is 9.12. The van der Waals surface area contributed by atoms with E-state index in [1.165, 1.54) is 0 Å². The SMILES string of the molecule is CCC(C)n1cnc2ccc(Cl)cc21. The van der Waals surface area contributed by atoms with Crippen LogP contribution >= 0.6 is 11.6 Å². The summed E-state index contributed by atoms with van der Waals surface area (Å²) in [6.07, 6.45) is 2.98. The van der Waals surface area contributed by atoms with Crippen molar-refractivity contribution in [2.24, 2.45) is 0 Å². The maximum Gasteiger partial charge on any atom is 0.0960 e. The molecule has 1 atom stereocenters. The van der Waals surface area contributed by atoms with Crippen molar-refractivity contribution < 1.29 is 0 Å². The van der Waals surface area contributed by atoms with Crippen molar-refractivity contribution in [3.05, 3.63) is 29.5 Å². The minimum absolute atomic E-state index is 0.471. The number of hydrogen-bond acceptors (Lipinski definition) is 1. The molecule has 0 amide bonds. The van der Waals surface area contributed by atoms with Gasteiger partial charge in [-0.25, -0.2) is 4.98 Å². The molecule has 3 heteroatoms. The van der Waals surface area contributed by atoms with Crippen molar-refractivity contribution in [2.45, 2.75) is 26.3 Å². The Kier molecular flexibility index (Phi) is 2.46. The molecule has 1 aromatic carbocycles. The van der Waals surface area contributed by atoms with Gasteiger partial charge in [0.05, 0.1) is 17.4 Å². The summed E-state index contributed by atoms with van der Waals surface area (Å²) in [6.45, 7) is 4.35. The second-order valence-electron chi connectivity index (χ2n) is 3.54. The van der Waals surface area contributed by atoms with Crippen LogP contribution in [-0.2, 0) is 0 Å². The maximum atomic E-state index is 5.95. The van der Waals surface area contributed by atoms with Gasteiger partial charge in [0, 0.05) is 11.1 Å². The minimum atomic E-state index is 0.471. The van der Waals surface area contributed by atoms with Crippen molar-refractivity contribution in [1.82, 2.24) is 9.55 Å². The molecule has 1 unspecified atom stereocenters. The quantitative estimate of drug-likeness (QED) is 0.737. The standard InChI is InChI=1S/C11H13ClN2/c1-3-8(2)14-7-13-10-5-4-9(12)6-11(10)14/h4-8H,3H2,1-2H3. The van der Waals surface area contributed by atoms with Gasteiger partial charge in [-0.05, 0) is 31.5 Å². The summed E-state index contributed by atoms with van der Waals surface area (Å²) in [6, 6.07) is 6.27. The Balaban J connectivity index is 2.61. The van der Waals surface area contributed by atoms with Crippen LogP contribution in [-0.4, -0.2) is 9.55 Å². The van der Waals surface area contributed by atoms with Crippen molar-refractivity contribution in [3.63, 3.8) is 0 Å². The zero-order chi connectivity index (χ0) is 10.1. The van der Waals surface area contributed by atoms with Gasteiger partial charge in [0.1, 0.15) is 0 Å². The van der Waals surface area contributed by atoms with Crippen LogP contribution in [0.25, 0.3) is 11.0 Å². The highest BCUT2D eigenvalue weighted by Gasteiger charge is 2.07. The van der Waals surface area contributed by atoms with Crippen molar-refractivity contribution in [2.75, 3.05) is 0 Å². The minimum Gasteiger partial charge on any atom is -0.328 e. The third kappa shape index (κ3) is 1.50. The lowest BCUT2D eigenvalue weighted by molar-refractivity contribution is 0.544. The van der Waals surface area contributed by atoms with E-state index >= 15 is 0 Å². The topological polar surface area (TPSA) is 17.8 Å². The van der Waals surface area contributed by atoms with Crippen LogP contribution in [0.15, 0.2) is 24.5 Å². The molecule has 0 spiro atoms. The largest absolute Gasteiger partial charge is 0.328 e. The van der Waals surface area contributed by atoms with Crippen molar-refractivity contribution in [1.29, 1.82) is 0 Å². The monoisotopic (exact) mass is 208 g/mol. The summed E-state index contributed by atoms with van der Waals surface area (Å²) in [4.78, 5) is 4.33. The Hall–Kier alpha value is -1.02. The molecule has 2 rings (SSSR count). The predicted molar refractivity (Wildman–Crippen MR) is 59.7 cm³/mol. The van der Waals surface area contributed by atoms with Crippen molar-refractivity contribution >= 4 is 22.6 Å². The molecule has 74 valence electrons. The summed E-state index contributed by atoms with van der Waals surface area (Å²) in [7, 11) is 0. The van der Waals surface area contributed by atoms with Crippen LogP contribution in [0.5, 0.6) is 0 Å². The number of imidazole rings is 1. The lowest BCUT2D eigenvalue weighted by atomic mass is 10.2. The van der Waals surface area contributed by atoms with Crippen LogP contribution in [0.4, 0.5) is 0 Å². The van der Waals surface area contributed by atoms with E-state index < -0.39 is 0 Å². The van der Waals surface area contributed by atoms with Crippen LogP contribution in [0.1, 0.15) is 26.3 Å². The van der Waals surface area contributed by atoms with E-state index in [-0.39, 0.29) is 0 Å². The molecule has 0 N–H and O–H groups in total. The molecule has 0 aliphatic carbocycles. The smallest absolute Gasteiger partial charge is 0.0960 e. The van der Waals surface area contributed by atoms with E-state index in [0.717, 1.165) is 22.5 Å². The lowest BCUT2D eigenvalue weighted by Crippen LogP contribution is -2.01. The molecule has 14 heavy (non-hydrogen) atoms. The highest BCUT2D eigenvalue weighted by molar-refractivity contribution is 6.31. The molecule has 0 saturated carbocycles. The summed E-state index contributed by atoms with van der Waals surface area (Å²) >= 11 is 5.95. The molecule has 0 aliphatic rings. The van der Waals surface area contributed by atoms with Gasteiger partial charge in [0.15, 0.2) is 0 Å². The summed E-state index contributed by atoms with van der Waals surface area (Å²) in [5, 5.41) is 0.766. The molecule has 0 radical (unpaired) electrons. The number of aromatic nitrogens is 2. The van der Waals surface area contributed by atoms with Gasteiger partial charge in [-0.3, -0.25) is 0 Å². The number of rotatable bonds is 2. The van der Waals surface area contributed by atoms with Gasteiger partial charge in [0.25, 0.3) is 0 Å². The first kappa shape index (κ1) is 9.53. The van der Waals surface area contributed by atoms with E-state index in [1.807, 2.05) is 24.5 Å². The van der Waals surface area contributed by atoms with Gasteiger partial charge in [-0.1, -0.05) is 18.5 Å². The van der Waals surface area contributed by atoms with E-state index in [1.54, 1.807) is 0 Å². The Labute approximate surface area is 88.5 Å². The molecule has 0 saturated heterocycles. The van der Waals surface area contributed by atoms with Crippen LogP contribution in [0, 0.1) is 0 Å². The number of fused-ring (bicyclic) bond motifs is 1. The molecule has 1 aromatic heterocycles. The summed E-state index contributed by atoms with van der Waals surface area (Å²) in [5.41, 5.74) is 2.13. The molecule has 0 bridgehead atoms. The first-order valence-electron chi connectivity index (χ1n) is 4.84. The first-order chi connectivity index (χ1) is 6.72. The number of halogens is 1. The van der Waals surface area contributed by atoms with Gasteiger partial charge >= 0.3 is 0 Å². The normalized spacial score (nSPS) is 13.4. The Bertz CT molecular complexity index is 447. The van der Waals surface area contributed by atoms with E-state index in [9.17, 15) is 0 Å². The number of hydrogen-bond donors (Lipinski definition) is 0. The number of nitrogens with zero attached hydrogens (tertiary/aromatic N) is 2. The van der Waals surface area contributed by atoms with Gasteiger partial charge in [0.2, 0.25) is 0 Å². The zero-order valence-electron chi connectivity index (χ0n) is 8.37. The van der Waals surface area contributed by atoms with E-state index in [0.29, 0.717) is 6.04 Å². The third-order valence-corrected chi connectivity index (χ3v) is 2.84. The Morgan fingerprint density at radius 1 is 1.50 bits per heavy atom. The molecular weight excluding hydrogens is 196 g/mol. The Morgan fingerprint density at radius 3 is 3.00 bits per heavy atom. The maximum absolute atomic E-state index is 5.95. The molecule has 2 aromatic rings. The average Bonchev–Trinajstić information content (AvgIpc) is 2.59. The van der Waals surface area contributed by atoms with E-state index in [2.05, 4.69) is 23.4 Å². The summed E-state index contributed by atoms with van der Waals surface area (Å²) < 4.78 is 2.17. The fraction of sp³-hybridized carbons (Fsp3) is 0.364. The second kappa shape index (κ2) is 3.62. The molecule has 0 aliphatic heterocycles. The second-order valence-corrected chi connectivity index (χ2v) is 3.98. The molecular formula is C11H13ClN2. The number of benzene rings is 1. The highest BCUT2D eigenvalue weighted by atomic mass is 35.5. The fourth-order valence-corrected chi connectivity index (χ4v) is 1.71. The molecule has 2 nitrogen and oxygen atoms in total. The van der Waals surface area contributed by atoms with Crippen molar-refractivity contribution in [3.8, 4) is 0 Å². The molecule has 0 fully saturated rings. The third-order valence-electron chi connectivity index (χ3n) is 2.60. The summed E-state index contributed by atoms with van der Waals surface area (Å²) in [5.74, 6) is 0. The highest BCUT2D eigenvalue weighted by Crippen LogP contribution is 2.22. The lowest BCUT2D eigenvalue weighted by Gasteiger charge is -2.11. The van der Waals surface area contributed by atoms with Gasteiger partial charge in [-0.15, -0.1) is 0 Å².